The number of benzene rings is 2. The van der Waals surface area contributed by atoms with Crippen molar-refractivity contribution in [3.05, 3.63) is 112 Å². The molecule has 11 heteroatoms. The average molecular weight is 516 g/mol. The van der Waals surface area contributed by atoms with Crippen LogP contribution in [0.15, 0.2) is 83.0 Å². The first kappa shape index (κ1) is 24.6. The number of hydrogen-bond donors (Lipinski definition) is 2. The molecule has 0 aliphatic carbocycles. The summed E-state index contributed by atoms with van der Waals surface area (Å²) in [7, 11) is 1.77. The van der Waals surface area contributed by atoms with Gasteiger partial charge in [-0.1, -0.05) is 0 Å². The molecule has 0 spiro atoms. The van der Waals surface area contributed by atoms with E-state index < -0.39 is 23.1 Å². The Kier molecular flexibility index (Phi) is 6.33. The van der Waals surface area contributed by atoms with Gasteiger partial charge in [-0.3, -0.25) is 18.8 Å². The molecule has 1 aliphatic heterocycles. The van der Waals surface area contributed by atoms with Crippen LogP contribution in [0.5, 0.6) is 0 Å². The number of carbonyl (C=O) groups excluding carboxylic acids is 1. The lowest BCUT2D eigenvalue weighted by Gasteiger charge is -2.29. The van der Waals surface area contributed by atoms with E-state index in [9.17, 15) is 14.0 Å². The van der Waals surface area contributed by atoms with Gasteiger partial charge in [-0.2, -0.15) is 5.10 Å². The van der Waals surface area contributed by atoms with Crippen molar-refractivity contribution in [3.8, 4) is 5.69 Å². The van der Waals surface area contributed by atoms with Gasteiger partial charge in [0.2, 0.25) is 0 Å². The van der Waals surface area contributed by atoms with E-state index >= 15 is 4.39 Å². The SMILES string of the molecule is Cc1ccc(C(=O)Nc2ccc(N3CC(N)=NC=C3c3cnn(C)c3)c(F)c2)c(=O)n1-c1ccc(F)cc1. The maximum Gasteiger partial charge on any atom is 0.268 e. The molecule has 3 N–H and O–H groups in total. The summed E-state index contributed by atoms with van der Waals surface area (Å²) < 4.78 is 31.6. The number of anilines is 2. The van der Waals surface area contributed by atoms with Gasteiger partial charge in [0.25, 0.3) is 11.5 Å². The summed E-state index contributed by atoms with van der Waals surface area (Å²) >= 11 is 0. The van der Waals surface area contributed by atoms with Crippen molar-refractivity contribution < 1.29 is 13.6 Å². The summed E-state index contributed by atoms with van der Waals surface area (Å²) in [6.07, 6.45) is 4.97. The van der Waals surface area contributed by atoms with E-state index in [2.05, 4.69) is 15.4 Å². The Morgan fingerprint density at radius 3 is 2.53 bits per heavy atom. The number of nitrogens with two attached hydrogens (primary N) is 1. The molecule has 4 aromatic rings. The molecule has 3 heterocycles. The molecule has 0 radical (unpaired) electrons. The Morgan fingerprint density at radius 1 is 1.08 bits per heavy atom. The number of amidine groups is 1. The predicted octanol–water partition coefficient (Wildman–Crippen LogP) is 3.59. The number of aliphatic imine (C=N–C) groups is 1. The largest absolute Gasteiger partial charge is 0.386 e. The first-order chi connectivity index (χ1) is 18.2. The lowest BCUT2D eigenvalue weighted by Crippen LogP contribution is -2.35. The molecular formula is C27H23F2N7O2. The van der Waals surface area contributed by atoms with E-state index in [1.54, 1.807) is 48.2 Å². The number of halogens is 2. The topological polar surface area (TPSA) is 111 Å². The van der Waals surface area contributed by atoms with E-state index in [-0.39, 0.29) is 23.5 Å². The van der Waals surface area contributed by atoms with Crippen molar-refractivity contribution in [1.29, 1.82) is 0 Å². The molecule has 0 atom stereocenters. The zero-order valence-corrected chi connectivity index (χ0v) is 20.5. The normalized spacial score (nSPS) is 13.2. The average Bonchev–Trinajstić information content (AvgIpc) is 3.31. The monoisotopic (exact) mass is 515 g/mol. The Balaban J connectivity index is 1.42. The third-order valence-electron chi connectivity index (χ3n) is 6.07. The molecule has 0 bridgehead atoms. The second-order valence-electron chi connectivity index (χ2n) is 8.75. The molecule has 2 aromatic carbocycles. The number of nitrogens with zero attached hydrogens (tertiary/aromatic N) is 5. The molecule has 1 amide bonds. The van der Waals surface area contributed by atoms with Crippen molar-refractivity contribution in [3.63, 3.8) is 0 Å². The van der Waals surface area contributed by atoms with Crippen LogP contribution in [-0.2, 0) is 7.05 Å². The van der Waals surface area contributed by atoms with Crippen LogP contribution >= 0.6 is 0 Å². The molecule has 1 aliphatic rings. The van der Waals surface area contributed by atoms with Crippen LogP contribution in [-0.4, -0.2) is 32.6 Å². The molecule has 5 rings (SSSR count). The highest BCUT2D eigenvalue weighted by Gasteiger charge is 2.23. The molecule has 0 fully saturated rings. The Labute approximate surface area is 216 Å². The Hall–Kier alpha value is -5.06. The molecule has 0 unspecified atom stereocenters. The molecule has 9 nitrogen and oxygen atoms in total. The van der Waals surface area contributed by atoms with Crippen LogP contribution in [0.2, 0.25) is 0 Å². The predicted molar refractivity (Wildman–Crippen MR) is 141 cm³/mol. The maximum atomic E-state index is 15.3. The summed E-state index contributed by atoms with van der Waals surface area (Å²) in [5, 5.41) is 6.75. The minimum absolute atomic E-state index is 0.147. The number of hydrogen-bond acceptors (Lipinski definition) is 6. The second-order valence-corrected chi connectivity index (χ2v) is 8.75. The maximum absolute atomic E-state index is 15.3. The minimum Gasteiger partial charge on any atom is -0.386 e. The molecule has 0 saturated heterocycles. The number of rotatable bonds is 5. The van der Waals surface area contributed by atoms with Crippen molar-refractivity contribution in [1.82, 2.24) is 14.3 Å². The van der Waals surface area contributed by atoms with Gasteiger partial charge >= 0.3 is 0 Å². The summed E-state index contributed by atoms with van der Waals surface area (Å²) in [6, 6.07) is 12.6. The molecule has 0 saturated carbocycles. The number of pyridine rings is 1. The second kappa shape index (κ2) is 9.77. The standard InChI is InChI=1S/C27H23F2N7O2/c1-16-3-9-21(27(38)36(16)20-7-4-18(28)5-8-20)26(37)33-19-6-10-23(22(29)11-19)35-15-25(30)31-13-24(35)17-12-32-34(2)14-17/h3-14H,15H2,1-2H3,(H2,30,31)(H,33,37). The highest BCUT2D eigenvalue weighted by molar-refractivity contribution is 6.04. The van der Waals surface area contributed by atoms with E-state index in [1.807, 2.05) is 0 Å². The number of nitrogens with one attached hydrogen (secondary N) is 1. The van der Waals surface area contributed by atoms with Crippen LogP contribution in [0, 0.1) is 18.6 Å². The van der Waals surface area contributed by atoms with Crippen LogP contribution in [0.25, 0.3) is 11.4 Å². The van der Waals surface area contributed by atoms with Crippen molar-refractivity contribution >= 4 is 28.8 Å². The van der Waals surface area contributed by atoms with E-state index in [1.165, 1.54) is 53.1 Å². The van der Waals surface area contributed by atoms with E-state index in [4.69, 9.17) is 5.73 Å². The lowest BCUT2D eigenvalue weighted by atomic mass is 10.1. The van der Waals surface area contributed by atoms with Gasteiger partial charge in [0.05, 0.1) is 30.3 Å². The third-order valence-corrected chi connectivity index (χ3v) is 6.07. The Morgan fingerprint density at radius 2 is 1.84 bits per heavy atom. The fourth-order valence-corrected chi connectivity index (χ4v) is 4.22. The number of carbonyl (C=O) groups is 1. The van der Waals surface area contributed by atoms with Gasteiger partial charge < -0.3 is 16.0 Å². The fraction of sp³-hybridized carbons (Fsp3) is 0.111. The summed E-state index contributed by atoms with van der Waals surface area (Å²) in [5.41, 5.74) is 7.91. The number of amides is 1. The Bertz CT molecular complexity index is 1670. The number of aromatic nitrogens is 3. The zero-order valence-electron chi connectivity index (χ0n) is 20.5. The first-order valence-corrected chi connectivity index (χ1v) is 11.6. The summed E-state index contributed by atoms with van der Waals surface area (Å²) in [4.78, 5) is 32.0. The highest BCUT2D eigenvalue weighted by Crippen LogP contribution is 2.31. The highest BCUT2D eigenvalue weighted by atomic mass is 19.1. The van der Waals surface area contributed by atoms with Crippen molar-refractivity contribution in [2.45, 2.75) is 6.92 Å². The lowest BCUT2D eigenvalue weighted by molar-refractivity contribution is 0.102. The van der Waals surface area contributed by atoms with Crippen LogP contribution in [0.1, 0.15) is 21.6 Å². The third kappa shape index (κ3) is 4.69. The van der Waals surface area contributed by atoms with Gasteiger partial charge in [0.15, 0.2) is 0 Å². The molecular weight excluding hydrogens is 492 g/mol. The van der Waals surface area contributed by atoms with E-state index in [0.29, 0.717) is 22.9 Å². The summed E-state index contributed by atoms with van der Waals surface area (Å²) in [5.74, 6) is -1.45. The zero-order chi connectivity index (χ0) is 27.0. The van der Waals surface area contributed by atoms with Gasteiger partial charge in [-0.25, -0.2) is 13.8 Å². The smallest absolute Gasteiger partial charge is 0.268 e. The van der Waals surface area contributed by atoms with Crippen LogP contribution in [0.4, 0.5) is 20.2 Å². The quantitative estimate of drug-likeness (QED) is 0.422. The molecule has 192 valence electrons. The van der Waals surface area contributed by atoms with Gasteiger partial charge in [0.1, 0.15) is 23.0 Å². The molecule has 2 aromatic heterocycles. The van der Waals surface area contributed by atoms with Gasteiger partial charge in [0, 0.05) is 35.9 Å². The first-order valence-electron chi connectivity index (χ1n) is 11.6. The van der Waals surface area contributed by atoms with Crippen molar-refractivity contribution in [2.75, 3.05) is 16.8 Å². The van der Waals surface area contributed by atoms with Gasteiger partial charge in [-0.15, -0.1) is 0 Å². The van der Waals surface area contributed by atoms with Gasteiger partial charge in [-0.05, 0) is 61.5 Å². The van der Waals surface area contributed by atoms with E-state index in [0.717, 1.165) is 5.56 Å². The molecule has 38 heavy (non-hydrogen) atoms. The fourth-order valence-electron chi connectivity index (χ4n) is 4.22. The summed E-state index contributed by atoms with van der Waals surface area (Å²) in [6.45, 7) is 1.86. The van der Waals surface area contributed by atoms with Crippen LogP contribution < -0.4 is 21.5 Å². The number of aryl methyl sites for hydroxylation is 2. The van der Waals surface area contributed by atoms with Crippen LogP contribution in [0.3, 0.4) is 0 Å². The van der Waals surface area contributed by atoms with Crippen molar-refractivity contribution in [2.24, 2.45) is 17.8 Å². The minimum atomic E-state index is -0.705.